The van der Waals surface area contributed by atoms with Crippen molar-refractivity contribution < 1.29 is 10.0 Å². The van der Waals surface area contributed by atoms with Gasteiger partial charge in [-0.2, -0.15) is 0 Å². The first kappa shape index (κ1) is 7.74. The summed E-state index contributed by atoms with van der Waals surface area (Å²) in [6.07, 6.45) is 0. The van der Waals surface area contributed by atoms with Crippen molar-refractivity contribution in [2.75, 3.05) is 6.54 Å². The highest BCUT2D eigenvalue weighted by Gasteiger charge is 1.92. The van der Waals surface area contributed by atoms with Crippen LogP contribution in [0, 0.1) is 0 Å². The Morgan fingerprint density at radius 3 is 2.78 bits per heavy atom. The smallest absolute Gasteiger partial charge is 0.217 e. The Hall–Kier alpha value is -1.26. The van der Waals surface area contributed by atoms with Gasteiger partial charge >= 0.3 is 0 Å². The zero-order chi connectivity index (χ0) is 7.28. The first-order chi connectivity index (χ1) is 4.16. The van der Waals surface area contributed by atoms with Crippen LogP contribution in [0.2, 0.25) is 0 Å². The fourth-order valence-electron chi connectivity index (χ4n) is 0.250. The van der Waals surface area contributed by atoms with Gasteiger partial charge in [-0.3, -0.25) is 4.79 Å². The molecule has 0 atom stereocenters. The average molecular weight is 131 g/mol. The second kappa shape index (κ2) is 3.71. The number of amides is 1. The van der Waals surface area contributed by atoms with Gasteiger partial charge in [0.25, 0.3) is 0 Å². The minimum atomic E-state index is -0.207. The van der Waals surface area contributed by atoms with Gasteiger partial charge in [-0.05, 0) is 0 Å². The molecule has 0 spiro atoms. The zero-order valence-electron chi connectivity index (χ0n) is 5.09. The molecule has 0 aliphatic rings. The average Bonchev–Trinajstić information content (AvgIpc) is 1.83. The van der Waals surface area contributed by atoms with E-state index in [0.717, 1.165) is 0 Å². The summed E-state index contributed by atoms with van der Waals surface area (Å²) in [5.41, 5.74) is 5.01. The van der Waals surface area contributed by atoms with Crippen molar-refractivity contribution in [2.24, 2.45) is 10.9 Å². The highest BCUT2D eigenvalue weighted by atomic mass is 16.4. The molecule has 0 aromatic rings. The molecule has 0 rings (SSSR count). The van der Waals surface area contributed by atoms with Gasteiger partial charge in [0.2, 0.25) is 5.91 Å². The molecule has 0 unspecified atom stereocenters. The number of rotatable bonds is 2. The number of hydrogen-bond acceptors (Lipinski definition) is 3. The van der Waals surface area contributed by atoms with Gasteiger partial charge in [-0.25, -0.2) is 0 Å². The highest BCUT2D eigenvalue weighted by Crippen LogP contribution is 1.62. The molecule has 0 radical (unpaired) electrons. The van der Waals surface area contributed by atoms with Crippen molar-refractivity contribution in [2.45, 2.75) is 6.92 Å². The van der Waals surface area contributed by atoms with E-state index in [-0.39, 0.29) is 18.3 Å². The molecule has 0 aliphatic heterocycles. The maximum absolute atomic E-state index is 10.2. The molecule has 52 valence electrons. The number of nitrogens with two attached hydrogens (primary N) is 1. The molecule has 0 heterocycles. The molecule has 9 heavy (non-hydrogen) atoms. The Kier molecular flexibility index (Phi) is 3.19. The van der Waals surface area contributed by atoms with Gasteiger partial charge in [-0.15, -0.1) is 0 Å². The first-order valence-corrected chi connectivity index (χ1v) is 2.37. The van der Waals surface area contributed by atoms with Crippen LogP contribution in [-0.2, 0) is 4.79 Å². The van der Waals surface area contributed by atoms with E-state index in [4.69, 9.17) is 10.9 Å². The van der Waals surface area contributed by atoms with E-state index in [1.165, 1.54) is 6.92 Å². The monoisotopic (exact) mass is 131 g/mol. The minimum absolute atomic E-state index is 0.00907. The number of amidine groups is 1. The lowest BCUT2D eigenvalue weighted by Gasteiger charge is -1.96. The predicted molar refractivity (Wildman–Crippen MR) is 32.1 cm³/mol. The highest BCUT2D eigenvalue weighted by molar-refractivity contribution is 5.85. The Labute approximate surface area is 52.5 Å². The second-order valence-corrected chi connectivity index (χ2v) is 1.50. The van der Waals surface area contributed by atoms with Gasteiger partial charge in [0.05, 0.1) is 6.54 Å². The zero-order valence-corrected chi connectivity index (χ0v) is 5.09. The number of carbonyl (C=O) groups excluding carboxylic acids is 1. The summed E-state index contributed by atoms with van der Waals surface area (Å²) in [5.74, 6) is -0.216. The Balaban J connectivity index is 3.39. The molecule has 0 bridgehead atoms. The molecule has 5 nitrogen and oxygen atoms in total. The number of hydrogen-bond donors (Lipinski definition) is 3. The van der Waals surface area contributed by atoms with Crippen LogP contribution in [0.15, 0.2) is 5.16 Å². The van der Waals surface area contributed by atoms with E-state index >= 15 is 0 Å². The molecule has 0 aromatic heterocycles. The van der Waals surface area contributed by atoms with Gasteiger partial charge in [0.1, 0.15) is 0 Å². The maximum atomic E-state index is 10.2. The summed E-state index contributed by atoms with van der Waals surface area (Å²) >= 11 is 0. The van der Waals surface area contributed by atoms with Crippen LogP contribution in [0.25, 0.3) is 0 Å². The quantitative estimate of drug-likeness (QED) is 0.192. The number of nitrogens with one attached hydrogen (secondary N) is 1. The first-order valence-electron chi connectivity index (χ1n) is 2.37. The predicted octanol–water partition coefficient (Wildman–Crippen LogP) is -1.13. The molecule has 5 heteroatoms. The van der Waals surface area contributed by atoms with Crippen molar-refractivity contribution in [3.05, 3.63) is 0 Å². The molecule has 0 aromatic carbocycles. The van der Waals surface area contributed by atoms with E-state index in [2.05, 4.69) is 10.5 Å². The van der Waals surface area contributed by atoms with Crippen LogP contribution in [0.4, 0.5) is 0 Å². The molecule has 0 fully saturated rings. The van der Waals surface area contributed by atoms with Crippen LogP contribution in [-0.4, -0.2) is 23.5 Å². The third-order valence-corrected chi connectivity index (χ3v) is 0.647. The van der Waals surface area contributed by atoms with Crippen LogP contribution in [0.5, 0.6) is 0 Å². The minimum Gasteiger partial charge on any atom is -0.409 e. The number of oxime groups is 1. The third kappa shape index (κ3) is 4.60. The summed E-state index contributed by atoms with van der Waals surface area (Å²) < 4.78 is 0. The molecular weight excluding hydrogens is 122 g/mol. The normalized spacial score (nSPS) is 11.0. The van der Waals surface area contributed by atoms with Crippen molar-refractivity contribution >= 4 is 11.7 Å². The lowest BCUT2D eigenvalue weighted by Crippen LogP contribution is -2.31. The van der Waals surface area contributed by atoms with E-state index in [1.54, 1.807) is 0 Å². The lowest BCUT2D eigenvalue weighted by molar-refractivity contribution is -0.118. The summed E-state index contributed by atoms with van der Waals surface area (Å²) in [6.45, 7) is 1.44. The SMILES string of the molecule is CC(=O)NC/C(N)=N/O. The molecule has 0 saturated heterocycles. The lowest BCUT2D eigenvalue weighted by atomic mass is 10.5. The third-order valence-electron chi connectivity index (χ3n) is 0.647. The van der Waals surface area contributed by atoms with E-state index in [0.29, 0.717) is 0 Å². The fraction of sp³-hybridized carbons (Fsp3) is 0.500. The van der Waals surface area contributed by atoms with Crippen LogP contribution in [0.3, 0.4) is 0 Å². The van der Waals surface area contributed by atoms with Gasteiger partial charge in [0.15, 0.2) is 5.84 Å². The van der Waals surface area contributed by atoms with Crippen LogP contribution < -0.4 is 11.1 Å². The van der Waals surface area contributed by atoms with Crippen LogP contribution >= 0.6 is 0 Å². The largest absolute Gasteiger partial charge is 0.409 e. The summed E-state index contributed by atoms with van der Waals surface area (Å²) in [6, 6.07) is 0. The fourth-order valence-corrected chi connectivity index (χ4v) is 0.250. The molecule has 0 saturated carbocycles. The van der Waals surface area contributed by atoms with Crippen molar-refractivity contribution in [1.82, 2.24) is 5.32 Å². The summed E-state index contributed by atoms with van der Waals surface area (Å²) in [4.78, 5) is 10.2. The second-order valence-electron chi connectivity index (χ2n) is 1.50. The standard InChI is InChI=1S/C4H9N3O2/c1-3(8)6-2-4(5)7-9/h9H,2H2,1H3,(H2,5,7)(H,6,8). The number of carbonyl (C=O) groups is 1. The number of nitrogens with zero attached hydrogens (tertiary/aromatic N) is 1. The summed E-state index contributed by atoms with van der Waals surface area (Å²) in [7, 11) is 0. The van der Waals surface area contributed by atoms with Gasteiger partial charge in [0, 0.05) is 6.92 Å². The Bertz CT molecular complexity index is 132. The maximum Gasteiger partial charge on any atom is 0.217 e. The van der Waals surface area contributed by atoms with E-state index < -0.39 is 0 Å². The molecule has 1 amide bonds. The summed E-state index contributed by atoms with van der Waals surface area (Å²) in [5, 5.41) is 12.9. The Morgan fingerprint density at radius 1 is 1.89 bits per heavy atom. The van der Waals surface area contributed by atoms with E-state index in [1.807, 2.05) is 0 Å². The van der Waals surface area contributed by atoms with Crippen molar-refractivity contribution in [3.63, 3.8) is 0 Å². The van der Waals surface area contributed by atoms with Crippen molar-refractivity contribution in [1.29, 1.82) is 0 Å². The molecule has 0 aliphatic carbocycles. The van der Waals surface area contributed by atoms with Gasteiger partial charge in [-0.1, -0.05) is 5.16 Å². The molecule has 4 N–H and O–H groups in total. The van der Waals surface area contributed by atoms with Crippen LogP contribution in [0.1, 0.15) is 6.92 Å². The Morgan fingerprint density at radius 2 is 2.44 bits per heavy atom. The van der Waals surface area contributed by atoms with Crippen molar-refractivity contribution in [3.8, 4) is 0 Å². The topological polar surface area (TPSA) is 87.7 Å². The molecular formula is C4H9N3O2. The van der Waals surface area contributed by atoms with E-state index in [9.17, 15) is 4.79 Å². The van der Waals surface area contributed by atoms with Gasteiger partial charge < -0.3 is 16.3 Å².